The van der Waals surface area contributed by atoms with Crippen molar-refractivity contribution in [3.8, 4) is 11.1 Å². The molecule has 6 rings (SSSR count). The number of hydrogen-bond donors (Lipinski definition) is 0. The first kappa shape index (κ1) is 45.8. The average Bonchev–Trinajstić information content (AvgIpc) is 3.77. The Morgan fingerprint density at radius 3 is 1.60 bits per heavy atom. The largest absolute Gasteiger partial charge is 1.00 e. The maximum Gasteiger partial charge on any atom is -0.0129 e. The Labute approximate surface area is 345 Å². The van der Waals surface area contributed by atoms with Crippen LogP contribution >= 0.6 is 0 Å². The molecular weight excluding hydrogens is 751 g/mol. The van der Waals surface area contributed by atoms with Crippen molar-refractivity contribution >= 4 is 3.21 Å². The van der Waals surface area contributed by atoms with Gasteiger partial charge in [0.25, 0.3) is 0 Å². The van der Waals surface area contributed by atoms with Crippen molar-refractivity contribution in [1.82, 2.24) is 0 Å². The molecule has 0 aliphatic heterocycles. The molecule has 2 aliphatic carbocycles. The van der Waals surface area contributed by atoms with Crippen molar-refractivity contribution < 1.29 is 49.0 Å². The number of halogens is 2. The average molecular weight is 811 g/mol. The van der Waals surface area contributed by atoms with Gasteiger partial charge in [0.15, 0.2) is 0 Å². The van der Waals surface area contributed by atoms with Crippen LogP contribution in [0.3, 0.4) is 0 Å². The van der Waals surface area contributed by atoms with Gasteiger partial charge in [0.2, 0.25) is 0 Å². The Morgan fingerprint density at radius 1 is 0.692 bits per heavy atom. The molecular formula is C49H60Cl2Zr-2. The Kier molecular flexibility index (Phi) is 18.5. The van der Waals surface area contributed by atoms with Crippen molar-refractivity contribution in [3.05, 3.63) is 153 Å². The Hall–Kier alpha value is -2.31. The van der Waals surface area contributed by atoms with Gasteiger partial charge in [-0.2, -0.15) is 23.8 Å². The molecule has 0 bridgehead atoms. The van der Waals surface area contributed by atoms with Crippen LogP contribution < -0.4 is 24.8 Å². The number of allylic oxidation sites excluding steroid dienone is 4. The van der Waals surface area contributed by atoms with E-state index in [2.05, 4.69) is 154 Å². The molecule has 0 heterocycles. The molecule has 0 nitrogen and oxygen atoms in total. The summed E-state index contributed by atoms with van der Waals surface area (Å²) in [4.78, 5) is 0. The van der Waals surface area contributed by atoms with Crippen LogP contribution in [0.25, 0.3) is 11.1 Å². The standard InChI is InChI=1S/C23H29.C21H26.C5H5.2ClH.Zr/c1-14-9-16-11-17-10-15(2)21(23(6,7)8)13-19(17)18(16)12-20(14)22(3,4)5;1-3-5-7-18-9-13-20(14-10-18)17-21-15-11-19(12-16-21)8-6-4-2;1-2-4-5-3-1;;;/h9,12-13H,11H2,1-8H3;9-16H,3-8H2,1-2H3;1-3H,4H2;2*1H;/q-1;;-1;;;+2/p-2. The van der Waals surface area contributed by atoms with Gasteiger partial charge in [0.05, 0.1) is 0 Å². The normalized spacial score (nSPS) is 12.4. The van der Waals surface area contributed by atoms with Crippen molar-refractivity contribution in [2.24, 2.45) is 0 Å². The first-order valence-electron chi connectivity index (χ1n) is 18.9. The van der Waals surface area contributed by atoms with Gasteiger partial charge < -0.3 is 24.8 Å². The zero-order valence-electron chi connectivity index (χ0n) is 33.5. The molecule has 0 saturated carbocycles. The summed E-state index contributed by atoms with van der Waals surface area (Å²) in [6.45, 7) is 22.7. The fraction of sp³-hybridized carbons (Fsp3) is 0.408. The van der Waals surface area contributed by atoms with Crippen LogP contribution in [0.1, 0.15) is 143 Å². The van der Waals surface area contributed by atoms with E-state index in [1.165, 1.54) is 133 Å². The first-order chi connectivity index (χ1) is 23.7. The number of rotatable bonds is 8. The molecule has 0 saturated heterocycles. The SMILES string of the molecule is CCCCc1ccc([C](=[Zr+2])c2ccc(CCCC)cc2)cc1.Cc1[c-]c2c(cc1C(C)(C)C)-c1cc(C(C)(C)C)c(C)cc1C2.[C-]1=CC=CC1.[Cl-].[Cl-]. The van der Waals surface area contributed by atoms with Crippen LogP contribution in [-0.2, 0) is 54.3 Å². The van der Waals surface area contributed by atoms with E-state index in [1.54, 1.807) is 0 Å². The van der Waals surface area contributed by atoms with E-state index < -0.39 is 0 Å². The first-order valence-corrected chi connectivity index (χ1v) is 20.1. The number of benzene rings is 4. The fourth-order valence-corrected chi connectivity index (χ4v) is 7.79. The van der Waals surface area contributed by atoms with Crippen molar-refractivity contribution in [2.75, 3.05) is 0 Å². The molecule has 0 N–H and O–H groups in total. The van der Waals surface area contributed by atoms with Crippen LogP contribution in [0.15, 0.2) is 85.0 Å². The van der Waals surface area contributed by atoms with E-state index in [-0.39, 0.29) is 35.6 Å². The van der Waals surface area contributed by atoms with Crippen LogP contribution in [0.5, 0.6) is 0 Å². The molecule has 52 heavy (non-hydrogen) atoms. The van der Waals surface area contributed by atoms with E-state index in [0.29, 0.717) is 0 Å². The molecule has 0 aromatic heterocycles. The topological polar surface area (TPSA) is 0 Å². The molecule has 4 aromatic carbocycles. The quantitative estimate of drug-likeness (QED) is 0.147. The third-order valence-corrected chi connectivity index (χ3v) is 11.2. The molecule has 0 spiro atoms. The molecule has 276 valence electrons. The van der Waals surface area contributed by atoms with Crippen LogP contribution in [0.4, 0.5) is 0 Å². The molecule has 2 aliphatic rings. The summed E-state index contributed by atoms with van der Waals surface area (Å²) in [5.41, 5.74) is 17.3. The molecule has 0 unspecified atom stereocenters. The number of hydrogen-bond acceptors (Lipinski definition) is 0. The summed E-state index contributed by atoms with van der Waals surface area (Å²) in [6.07, 6.45) is 18.5. The van der Waals surface area contributed by atoms with Gasteiger partial charge in [-0.15, -0.1) is 23.1 Å². The van der Waals surface area contributed by atoms with Gasteiger partial charge in [-0.05, 0) is 35.4 Å². The third-order valence-electron chi connectivity index (χ3n) is 9.79. The van der Waals surface area contributed by atoms with Crippen molar-refractivity contribution in [1.29, 1.82) is 0 Å². The summed E-state index contributed by atoms with van der Waals surface area (Å²) in [5, 5.41) is 0. The van der Waals surface area contributed by atoms with Crippen LogP contribution in [-0.4, -0.2) is 3.21 Å². The predicted molar refractivity (Wildman–Crippen MR) is 215 cm³/mol. The number of aryl methyl sites for hydroxylation is 4. The van der Waals surface area contributed by atoms with Gasteiger partial charge in [-0.3, -0.25) is 6.08 Å². The summed E-state index contributed by atoms with van der Waals surface area (Å²) in [5.74, 6) is 0. The zero-order chi connectivity index (χ0) is 36.5. The number of fused-ring (bicyclic) bond motifs is 3. The van der Waals surface area contributed by atoms with Crippen LogP contribution in [0, 0.1) is 26.0 Å². The maximum atomic E-state index is 3.69. The Bertz CT molecular complexity index is 1660. The molecule has 3 heteroatoms. The molecule has 0 atom stereocenters. The third kappa shape index (κ3) is 12.6. The van der Waals surface area contributed by atoms with Crippen molar-refractivity contribution in [3.63, 3.8) is 0 Å². The molecule has 4 aromatic rings. The zero-order valence-corrected chi connectivity index (χ0v) is 37.5. The fourth-order valence-electron chi connectivity index (χ4n) is 6.97. The van der Waals surface area contributed by atoms with Crippen LogP contribution in [0.2, 0.25) is 0 Å². The summed E-state index contributed by atoms with van der Waals surface area (Å²) >= 11 is 1.48. The summed E-state index contributed by atoms with van der Waals surface area (Å²) in [6, 6.07) is 29.3. The van der Waals surface area contributed by atoms with E-state index in [9.17, 15) is 0 Å². The minimum Gasteiger partial charge on any atom is -1.00 e. The van der Waals surface area contributed by atoms with Gasteiger partial charge in [0, 0.05) is 0 Å². The van der Waals surface area contributed by atoms with E-state index in [1.807, 2.05) is 12.2 Å². The van der Waals surface area contributed by atoms with Gasteiger partial charge >= 0.3 is 151 Å². The van der Waals surface area contributed by atoms with Gasteiger partial charge in [0.1, 0.15) is 0 Å². The molecule has 0 radical (unpaired) electrons. The van der Waals surface area contributed by atoms with E-state index in [4.69, 9.17) is 0 Å². The minimum atomic E-state index is 0. The number of unbranched alkanes of at least 4 members (excludes halogenated alkanes) is 2. The van der Waals surface area contributed by atoms with E-state index in [0.717, 1.165) is 12.8 Å². The predicted octanol–water partition coefficient (Wildman–Crippen LogP) is 7.07. The molecule has 0 amide bonds. The van der Waals surface area contributed by atoms with Gasteiger partial charge in [-0.25, -0.2) is 12.2 Å². The Balaban J connectivity index is 0.000000307. The monoisotopic (exact) mass is 808 g/mol. The Morgan fingerprint density at radius 2 is 1.19 bits per heavy atom. The second kappa shape index (κ2) is 21.0. The summed E-state index contributed by atoms with van der Waals surface area (Å²) < 4.78 is 1.45. The summed E-state index contributed by atoms with van der Waals surface area (Å²) in [7, 11) is 0. The second-order valence-corrected chi connectivity index (χ2v) is 17.4. The van der Waals surface area contributed by atoms with Crippen molar-refractivity contribution in [2.45, 2.75) is 131 Å². The minimum absolute atomic E-state index is 0. The van der Waals surface area contributed by atoms with Gasteiger partial charge in [-0.1, -0.05) is 71.6 Å². The van der Waals surface area contributed by atoms with E-state index >= 15 is 0 Å². The molecule has 0 fully saturated rings. The smallest absolute Gasteiger partial charge is 0.0129 e. The maximum absolute atomic E-state index is 3.69. The second-order valence-electron chi connectivity index (χ2n) is 16.2.